The molecule has 1 aromatic rings. The summed E-state index contributed by atoms with van der Waals surface area (Å²) in [7, 11) is -3.29. The summed E-state index contributed by atoms with van der Waals surface area (Å²) in [5.74, 6) is 0. The zero-order chi connectivity index (χ0) is 26.9. The zero-order valence-corrected chi connectivity index (χ0v) is 24.1. The summed E-state index contributed by atoms with van der Waals surface area (Å²) in [5.41, 5.74) is 0.975. The highest BCUT2D eigenvalue weighted by Crippen LogP contribution is 2.13. The van der Waals surface area contributed by atoms with Crippen molar-refractivity contribution in [2.45, 2.75) is 37.5 Å². The van der Waals surface area contributed by atoms with Crippen LogP contribution in [0.5, 0.6) is 0 Å². The van der Waals surface area contributed by atoms with Crippen LogP contribution in [-0.2, 0) is 38.0 Å². The topological polar surface area (TPSA) is 110 Å². The zero-order valence-electron chi connectivity index (χ0n) is 22.3. The van der Waals surface area contributed by atoms with Gasteiger partial charge in [0.1, 0.15) is 0 Å². The number of hydrogen-bond donors (Lipinski definition) is 0. The molecule has 0 aliphatic carbocycles. The first-order valence-corrected chi connectivity index (χ1v) is 17.3. The Morgan fingerprint density at radius 3 is 1.75 bits per heavy atom. The number of amides is 1. The fraction of sp³-hybridized carbons (Fsp3) is 0.708. The van der Waals surface area contributed by atoms with Gasteiger partial charge in [-0.15, -0.1) is 0 Å². The van der Waals surface area contributed by atoms with E-state index < -0.39 is 18.2 Å². The second-order valence-corrected chi connectivity index (χ2v) is 16.6. The van der Waals surface area contributed by atoms with Crippen molar-refractivity contribution < 1.29 is 41.1 Å². The molecule has 0 fully saturated rings. The van der Waals surface area contributed by atoms with E-state index in [-0.39, 0.29) is 24.2 Å². The number of carbonyl (C=O) groups is 1. The summed E-state index contributed by atoms with van der Waals surface area (Å²) >= 11 is 0. The van der Waals surface area contributed by atoms with E-state index in [1.807, 2.05) is 6.92 Å². The molecule has 1 amide bonds. The van der Waals surface area contributed by atoms with Gasteiger partial charge < -0.3 is 28.6 Å². The Morgan fingerprint density at radius 2 is 1.25 bits per heavy atom. The number of benzene rings is 1. The van der Waals surface area contributed by atoms with Crippen molar-refractivity contribution in [3.05, 3.63) is 29.8 Å². The Kier molecular flexibility index (Phi) is 16.1. The monoisotopic (exact) mass is 549 g/mol. The van der Waals surface area contributed by atoms with Crippen molar-refractivity contribution in [3.8, 4) is 0 Å². The summed E-state index contributed by atoms with van der Waals surface area (Å²) in [6, 6.07) is 7.42. The molecular weight excluding hydrogens is 506 g/mol. The van der Waals surface area contributed by atoms with Gasteiger partial charge in [0.2, 0.25) is 0 Å². The van der Waals surface area contributed by atoms with Gasteiger partial charge in [0, 0.05) is 21.7 Å². The molecule has 0 saturated heterocycles. The van der Waals surface area contributed by atoms with E-state index in [4.69, 9.17) is 27.9 Å². The van der Waals surface area contributed by atoms with E-state index in [9.17, 15) is 13.2 Å². The van der Waals surface area contributed by atoms with Crippen LogP contribution in [0.2, 0.25) is 25.7 Å². The third-order valence-corrected chi connectivity index (χ3v) is 7.88. The molecule has 0 aliphatic heterocycles. The van der Waals surface area contributed by atoms with Gasteiger partial charge in [-0.3, -0.25) is 4.18 Å². The van der Waals surface area contributed by atoms with Crippen molar-refractivity contribution in [1.82, 2.24) is 4.90 Å². The largest absolute Gasteiger partial charge is 0.450 e. The maximum atomic E-state index is 12.0. The highest BCUT2D eigenvalue weighted by Gasteiger charge is 2.16. The first kappa shape index (κ1) is 32.5. The van der Waals surface area contributed by atoms with E-state index in [0.29, 0.717) is 59.4 Å². The first-order valence-electron chi connectivity index (χ1n) is 12.2. The summed E-state index contributed by atoms with van der Waals surface area (Å²) in [6.45, 7) is 12.4. The van der Waals surface area contributed by atoms with E-state index in [1.54, 1.807) is 19.2 Å². The van der Waals surface area contributed by atoms with E-state index in [1.165, 1.54) is 17.0 Å². The van der Waals surface area contributed by atoms with E-state index in [0.717, 1.165) is 11.6 Å². The van der Waals surface area contributed by atoms with Crippen LogP contribution < -0.4 is 0 Å². The predicted octanol–water partition coefficient (Wildman–Crippen LogP) is 3.17. The van der Waals surface area contributed by atoms with Gasteiger partial charge in [-0.2, -0.15) is 8.42 Å². The lowest BCUT2D eigenvalue weighted by atomic mass is 10.2. The van der Waals surface area contributed by atoms with Crippen LogP contribution in [0.4, 0.5) is 4.79 Å². The molecule has 0 heterocycles. The number of ether oxygens (including phenoxy) is 5. The van der Waals surface area contributed by atoms with Gasteiger partial charge in [0.05, 0.1) is 71.0 Å². The van der Waals surface area contributed by atoms with Crippen molar-refractivity contribution in [2.75, 3.05) is 79.7 Å². The maximum Gasteiger partial charge on any atom is 0.409 e. The summed E-state index contributed by atoms with van der Waals surface area (Å²) in [5, 5.41) is 0. The fourth-order valence-electron chi connectivity index (χ4n) is 2.58. The molecule has 0 saturated carbocycles. The number of likely N-dealkylation sites (N-methyl/N-ethyl adjacent to an activating group) is 1. The van der Waals surface area contributed by atoms with Gasteiger partial charge in [-0.1, -0.05) is 37.3 Å². The molecule has 0 spiro atoms. The van der Waals surface area contributed by atoms with Crippen molar-refractivity contribution >= 4 is 24.3 Å². The molecule has 0 aromatic heterocycles. The number of aryl methyl sites for hydroxylation is 1. The smallest absolute Gasteiger partial charge is 0.409 e. The van der Waals surface area contributed by atoms with Gasteiger partial charge in [-0.05, 0) is 25.1 Å². The number of nitrogens with zero attached hydrogens (tertiary/aromatic N) is 1. The lowest BCUT2D eigenvalue weighted by Gasteiger charge is -2.19. The molecule has 10 nitrogen and oxygen atoms in total. The average Bonchev–Trinajstić information content (AvgIpc) is 2.80. The molecule has 0 unspecified atom stereocenters. The molecule has 36 heavy (non-hydrogen) atoms. The first-order chi connectivity index (χ1) is 17.0. The Morgan fingerprint density at radius 1 is 0.778 bits per heavy atom. The number of hydrogen-bond acceptors (Lipinski definition) is 9. The van der Waals surface area contributed by atoms with Crippen LogP contribution in [0.1, 0.15) is 5.56 Å². The fourth-order valence-corrected chi connectivity index (χ4v) is 4.19. The minimum absolute atomic E-state index is 0.0606. The third-order valence-electron chi connectivity index (χ3n) is 4.85. The summed E-state index contributed by atoms with van der Waals surface area (Å²) < 4.78 is 55.9. The molecule has 1 rings (SSSR count). The predicted molar refractivity (Wildman–Crippen MR) is 140 cm³/mol. The molecule has 1 aromatic carbocycles. The van der Waals surface area contributed by atoms with Crippen molar-refractivity contribution in [3.63, 3.8) is 0 Å². The quantitative estimate of drug-likeness (QED) is 0.138. The highest BCUT2D eigenvalue weighted by molar-refractivity contribution is 7.86. The molecule has 208 valence electrons. The molecule has 12 heteroatoms. The lowest BCUT2D eigenvalue weighted by molar-refractivity contribution is -0.00576. The van der Waals surface area contributed by atoms with Crippen LogP contribution >= 0.6 is 0 Å². The minimum atomic E-state index is -3.77. The van der Waals surface area contributed by atoms with Crippen LogP contribution in [0.15, 0.2) is 29.2 Å². The number of carbonyl (C=O) groups excluding carboxylic acids is 1. The summed E-state index contributed by atoms with van der Waals surface area (Å²) in [6.07, 6.45) is -0.325. The minimum Gasteiger partial charge on any atom is -0.450 e. The second kappa shape index (κ2) is 17.8. The van der Waals surface area contributed by atoms with Gasteiger partial charge in [0.25, 0.3) is 10.1 Å². The van der Waals surface area contributed by atoms with Crippen LogP contribution in [0.25, 0.3) is 0 Å². The molecule has 0 aliphatic rings. The van der Waals surface area contributed by atoms with E-state index in [2.05, 4.69) is 19.6 Å². The molecule has 0 N–H and O–H groups in total. The summed E-state index contributed by atoms with van der Waals surface area (Å²) in [4.78, 5) is 13.5. The molecule has 0 bridgehead atoms. The Balaban J connectivity index is 1.89. The van der Waals surface area contributed by atoms with Crippen molar-refractivity contribution in [2.24, 2.45) is 0 Å². The normalized spacial score (nSPS) is 12.0. The molecule has 0 atom stereocenters. The van der Waals surface area contributed by atoms with Crippen LogP contribution in [-0.4, -0.2) is 107 Å². The average molecular weight is 550 g/mol. The van der Waals surface area contributed by atoms with Gasteiger partial charge in [0.15, 0.2) is 0 Å². The Hall–Kier alpha value is -1.54. The van der Waals surface area contributed by atoms with Gasteiger partial charge >= 0.3 is 6.09 Å². The lowest BCUT2D eigenvalue weighted by Crippen LogP contribution is -2.32. The molecular formula is C24H43NO9SSi. The third kappa shape index (κ3) is 16.3. The standard InChI is InChI=1S/C24H43NO9SSi/c1-22-6-8-23(9-7-22)35(27,28)34-19-18-32-17-16-31-15-14-30-13-12-29-11-10-25(2)24(26)33-20-21-36(3,4)5/h6-9H,10-21H2,1-5H3. The van der Waals surface area contributed by atoms with Gasteiger partial charge in [-0.25, -0.2) is 4.79 Å². The Labute approximate surface area is 217 Å². The van der Waals surface area contributed by atoms with Crippen molar-refractivity contribution in [1.29, 1.82) is 0 Å². The highest BCUT2D eigenvalue weighted by atomic mass is 32.2. The SMILES string of the molecule is Cc1ccc(S(=O)(=O)OCCOCCOCCOCCOCCN(C)C(=O)OCC[Si](C)(C)C)cc1. The maximum absolute atomic E-state index is 12.0. The van der Waals surface area contributed by atoms with E-state index >= 15 is 0 Å². The van der Waals surface area contributed by atoms with Crippen LogP contribution in [0.3, 0.4) is 0 Å². The molecule has 0 radical (unpaired) electrons. The number of rotatable bonds is 20. The Bertz CT molecular complexity index is 829. The van der Waals surface area contributed by atoms with Crippen LogP contribution in [0, 0.1) is 6.92 Å². The second-order valence-electron chi connectivity index (χ2n) is 9.39.